The molecule has 0 unspecified atom stereocenters. The van der Waals surface area contributed by atoms with Crippen molar-refractivity contribution in [2.24, 2.45) is 0 Å². The molecule has 0 spiro atoms. The van der Waals surface area contributed by atoms with E-state index in [1.165, 1.54) is 20.4 Å². The minimum atomic E-state index is -0.476. The summed E-state index contributed by atoms with van der Waals surface area (Å²) in [6.45, 7) is 3.40. The Morgan fingerprint density at radius 3 is 2.50 bits per heavy atom. The number of esters is 1. The van der Waals surface area contributed by atoms with Gasteiger partial charge in [0.05, 0.1) is 31.7 Å². The summed E-state index contributed by atoms with van der Waals surface area (Å²) in [7, 11) is 2.82. The number of pyridine rings is 1. The molecule has 0 fully saturated rings. The van der Waals surface area contributed by atoms with E-state index in [-0.39, 0.29) is 5.91 Å². The summed E-state index contributed by atoms with van der Waals surface area (Å²) >= 11 is 0. The average Bonchev–Trinajstić information content (AvgIpc) is 2.82. The fraction of sp³-hybridized carbons (Fsp3) is 0.267. The quantitative estimate of drug-likeness (QED) is 0.843. The number of nitrogens with zero attached hydrogens (tertiary/aromatic N) is 1. The summed E-state index contributed by atoms with van der Waals surface area (Å²) in [6, 6.07) is 3.32. The van der Waals surface area contributed by atoms with Crippen LogP contribution in [-0.2, 0) is 4.74 Å². The van der Waals surface area contributed by atoms with Gasteiger partial charge in [-0.25, -0.2) is 9.78 Å². The largest absolute Gasteiger partial charge is 0.481 e. The summed E-state index contributed by atoms with van der Waals surface area (Å²) in [5, 5.41) is 2.71. The zero-order valence-corrected chi connectivity index (χ0v) is 12.8. The standard InChI is InChI=1S/C15H17N3O4/c1-8-12(15(20)22-4)9(2)17-13(8)14(19)18-10-5-6-11(21-3)16-7-10/h5-7,17H,1-4H3,(H,18,19). The van der Waals surface area contributed by atoms with Crippen molar-refractivity contribution in [3.05, 3.63) is 40.8 Å². The number of rotatable bonds is 4. The molecule has 0 aliphatic carbocycles. The highest BCUT2D eigenvalue weighted by Crippen LogP contribution is 2.20. The number of methoxy groups -OCH3 is 2. The second-order valence-electron chi connectivity index (χ2n) is 4.66. The normalized spacial score (nSPS) is 10.2. The maximum absolute atomic E-state index is 12.3. The predicted octanol–water partition coefficient (Wildman–Crippen LogP) is 2.07. The maximum Gasteiger partial charge on any atom is 0.339 e. The molecule has 2 heterocycles. The van der Waals surface area contributed by atoms with Gasteiger partial charge in [-0.3, -0.25) is 4.79 Å². The highest BCUT2D eigenvalue weighted by molar-refractivity contribution is 6.06. The molecule has 2 aromatic rings. The van der Waals surface area contributed by atoms with E-state index in [1.807, 2.05) is 0 Å². The van der Waals surface area contributed by atoms with Gasteiger partial charge in [-0.2, -0.15) is 0 Å². The zero-order chi connectivity index (χ0) is 16.3. The van der Waals surface area contributed by atoms with Crippen LogP contribution in [0.1, 0.15) is 32.1 Å². The number of aromatic amines is 1. The van der Waals surface area contributed by atoms with Crippen molar-refractivity contribution in [2.75, 3.05) is 19.5 Å². The molecule has 0 bridgehead atoms. The molecule has 7 heteroatoms. The molecule has 0 aromatic carbocycles. The van der Waals surface area contributed by atoms with Gasteiger partial charge in [-0.15, -0.1) is 0 Å². The Kier molecular flexibility index (Phi) is 4.45. The minimum absolute atomic E-state index is 0.314. The molecule has 7 nitrogen and oxygen atoms in total. The van der Waals surface area contributed by atoms with Crippen LogP contribution in [-0.4, -0.2) is 36.1 Å². The minimum Gasteiger partial charge on any atom is -0.481 e. The Morgan fingerprint density at radius 2 is 1.95 bits per heavy atom. The third-order valence-corrected chi connectivity index (χ3v) is 3.26. The Labute approximate surface area is 127 Å². The first-order valence-electron chi connectivity index (χ1n) is 6.56. The van der Waals surface area contributed by atoms with Crippen molar-refractivity contribution in [3.8, 4) is 5.88 Å². The fourth-order valence-electron chi connectivity index (χ4n) is 2.15. The first-order chi connectivity index (χ1) is 10.5. The molecule has 1 amide bonds. The second-order valence-corrected chi connectivity index (χ2v) is 4.66. The van der Waals surface area contributed by atoms with Crippen LogP contribution in [0.15, 0.2) is 18.3 Å². The molecule has 0 atom stereocenters. The number of hydrogen-bond acceptors (Lipinski definition) is 5. The average molecular weight is 303 g/mol. The predicted molar refractivity (Wildman–Crippen MR) is 80.3 cm³/mol. The van der Waals surface area contributed by atoms with Crippen molar-refractivity contribution < 1.29 is 19.1 Å². The van der Waals surface area contributed by atoms with Gasteiger partial charge in [0, 0.05) is 11.8 Å². The number of hydrogen-bond donors (Lipinski definition) is 2. The van der Waals surface area contributed by atoms with E-state index in [0.717, 1.165) is 0 Å². The summed E-state index contributed by atoms with van der Waals surface area (Å²) in [4.78, 5) is 31.0. The highest BCUT2D eigenvalue weighted by atomic mass is 16.5. The van der Waals surface area contributed by atoms with E-state index in [9.17, 15) is 9.59 Å². The van der Waals surface area contributed by atoms with Crippen LogP contribution in [0.5, 0.6) is 5.88 Å². The van der Waals surface area contributed by atoms with E-state index in [1.54, 1.807) is 26.0 Å². The topological polar surface area (TPSA) is 93.3 Å². The number of ether oxygens (including phenoxy) is 2. The van der Waals surface area contributed by atoms with Gasteiger partial charge in [-0.05, 0) is 25.5 Å². The van der Waals surface area contributed by atoms with Gasteiger partial charge in [0.25, 0.3) is 5.91 Å². The number of carbonyl (C=O) groups excluding carboxylic acids is 2. The van der Waals surface area contributed by atoms with E-state index in [0.29, 0.717) is 34.1 Å². The van der Waals surface area contributed by atoms with Gasteiger partial charge in [0.2, 0.25) is 5.88 Å². The molecule has 2 N–H and O–H groups in total. The third kappa shape index (κ3) is 2.93. The molecule has 2 rings (SSSR count). The number of carbonyl (C=O) groups is 2. The fourth-order valence-corrected chi connectivity index (χ4v) is 2.15. The van der Waals surface area contributed by atoms with Crippen LogP contribution < -0.4 is 10.1 Å². The number of H-pyrrole nitrogens is 1. The van der Waals surface area contributed by atoms with Crippen LogP contribution in [0.4, 0.5) is 5.69 Å². The maximum atomic E-state index is 12.3. The monoisotopic (exact) mass is 303 g/mol. The lowest BCUT2D eigenvalue weighted by Crippen LogP contribution is -2.14. The van der Waals surface area contributed by atoms with Crippen molar-refractivity contribution >= 4 is 17.6 Å². The van der Waals surface area contributed by atoms with Crippen molar-refractivity contribution in [2.45, 2.75) is 13.8 Å². The van der Waals surface area contributed by atoms with E-state index >= 15 is 0 Å². The number of amides is 1. The first kappa shape index (κ1) is 15.6. The molecular formula is C15H17N3O4. The van der Waals surface area contributed by atoms with Crippen molar-refractivity contribution in [1.82, 2.24) is 9.97 Å². The smallest absolute Gasteiger partial charge is 0.339 e. The van der Waals surface area contributed by atoms with E-state index < -0.39 is 5.97 Å². The van der Waals surface area contributed by atoms with Gasteiger partial charge in [0.1, 0.15) is 5.69 Å². The summed E-state index contributed by atoms with van der Waals surface area (Å²) in [5.74, 6) is -0.378. The van der Waals surface area contributed by atoms with Crippen LogP contribution >= 0.6 is 0 Å². The van der Waals surface area contributed by atoms with Gasteiger partial charge in [-0.1, -0.05) is 0 Å². The lowest BCUT2D eigenvalue weighted by molar-refractivity contribution is 0.0599. The van der Waals surface area contributed by atoms with Crippen LogP contribution in [0.2, 0.25) is 0 Å². The van der Waals surface area contributed by atoms with E-state index in [2.05, 4.69) is 15.3 Å². The van der Waals surface area contributed by atoms with Crippen molar-refractivity contribution in [1.29, 1.82) is 0 Å². The first-order valence-corrected chi connectivity index (χ1v) is 6.56. The zero-order valence-electron chi connectivity index (χ0n) is 12.8. The highest BCUT2D eigenvalue weighted by Gasteiger charge is 2.22. The van der Waals surface area contributed by atoms with Crippen LogP contribution in [0, 0.1) is 13.8 Å². The van der Waals surface area contributed by atoms with Gasteiger partial charge >= 0.3 is 5.97 Å². The second kappa shape index (κ2) is 6.30. The molecule has 2 aromatic heterocycles. The number of aromatic nitrogens is 2. The Morgan fingerprint density at radius 1 is 1.23 bits per heavy atom. The molecule has 0 saturated heterocycles. The van der Waals surface area contributed by atoms with Crippen molar-refractivity contribution in [3.63, 3.8) is 0 Å². The molecular weight excluding hydrogens is 286 g/mol. The van der Waals surface area contributed by atoms with Gasteiger partial charge < -0.3 is 19.8 Å². The summed E-state index contributed by atoms with van der Waals surface area (Å²) in [6.07, 6.45) is 1.49. The number of nitrogens with one attached hydrogen (secondary N) is 2. The Bertz CT molecular complexity index is 704. The van der Waals surface area contributed by atoms with E-state index in [4.69, 9.17) is 9.47 Å². The third-order valence-electron chi connectivity index (χ3n) is 3.26. The lowest BCUT2D eigenvalue weighted by atomic mass is 10.1. The number of aryl methyl sites for hydroxylation is 1. The Balaban J connectivity index is 2.24. The summed E-state index contributed by atoms with van der Waals surface area (Å²) < 4.78 is 9.67. The van der Waals surface area contributed by atoms with Gasteiger partial charge in [0.15, 0.2) is 0 Å². The molecule has 0 saturated carbocycles. The molecule has 116 valence electrons. The molecule has 0 aliphatic heterocycles. The number of anilines is 1. The SMILES string of the molecule is COC(=O)c1c(C)[nH]c(C(=O)Nc2ccc(OC)nc2)c1C. The van der Waals surface area contributed by atoms with Crippen LogP contribution in [0.3, 0.4) is 0 Å². The lowest BCUT2D eigenvalue weighted by Gasteiger charge is -2.05. The molecule has 0 aliphatic rings. The van der Waals surface area contributed by atoms with Crippen LogP contribution in [0.25, 0.3) is 0 Å². The molecule has 0 radical (unpaired) electrons. The Hall–Kier alpha value is -2.83. The molecule has 22 heavy (non-hydrogen) atoms. The summed E-state index contributed by atoms with van der Waals surface area (Å²) in [5.41, 5.74) is 2.34.